The van der Waals surface area contributed by atoms with Crippen molar-refractivity contribution in [3.8, 4) is 40.2 Å². The van der Waals surface area contributed by atoms with E-state index in [1.807, 2.05) is 0 Å². The summed E-state index contributed by atoms with van der Waals surface area (Å²) < 4.78 is 47.9. The number of fused-ring (bicyclic) bond motifs is 1. The molecule has 3 unspecified atom stereocenters. The second-order valence-electron chi connectivity index (χ2n) is 9.81. The van der Waals surface area contributed by atoms with E-state index in [9.17, 15) is 39.8 Å². The van der Waals surface area contributed by atoms with Crippen LogP contribution < -0.4 is 10.5 Å². The van der Waals surface area contributed by atoms with Crippen LogP contribution in [0.2, 0.25) is 0 Å². The van der Waals surface area contributed by atoms with Crippen molar-refractivity contribution < 1.29 is 68.2 Å². The zero-order valence-electron chi connectivity index (χ0n) is 23.9. The number of carbonyl (C=O) groups excluding carboxylic acids is 1. The van der Waals surface area contributed by atoms with Crippen molar-refractivity contribution in [2.45, 2.75) is 18.3 Å². The maximum Gasteiger partial charge on any atom is 0.338 e. The number of benzene rings is 3. The zero-order chi connectivity index (χ0) is 32.5. The third-order valence-corrected chi connectivity index (χ3v) is 6.55. The minimum absolute atomic E-state index is 0.00591. The molecule has 0 fully saturated rings. The van der Waals surface area contributed by atoms with Gasteiger partial charge >= 0.3 is 5.97 Å². The first-order chi connectivity index (χ1) is 21.6. The van der Waals surface area contributed by atoms with Crippen LogP contribution in [-0.2, 0) is 23.7 Å². The van der Waals surface area contributed by atoms with Crippen LogP contribution in [0.1, 0.15) is 33.7 Å². The molecule has 0 saturated carbocycles. The smallest absolute Gasteiger partial charge is 0.338 e. The van der Waals surface area contributed by atoms with E-state index < -0.39 is 58.8 Å². The molecule has 8 N–H and O–H groups in total. The summed E-state index contributed by atoms with van der Waals surface area (Å²) in [4.78, 5) is 13.2. The van der Waals surface area contributed by atoms with Crippen molar-refractivity contribution in [3.05, 3.63) is 65.0 Å². The van der Waals surface area contributed by atoms with Crippen molar-refractivity contribution in [1.29, 1.82) is 0 Å². The second kappa shape index (κ2) is 15.5. The average Bonchev–Trinajstić information content (AvgIpc) is 2.98. The first-order valence-electron chi connectivity index (χ1n) is 13.8. The normalized spacial score (nSPS) is 17.4. The third-order valence-electron chi connectivity index (χ3n) is 6.55. The molecule has 15 heteroatoms. The van der Waals surface area contributed by atoms with E-state index in [1.54, 1.807) is 0 Å². The van der Waals surface area contributed by atoms with Gasteiger partial charge in [-0.05, 0) is 24.3 Å². The first kappa shape index (κ1) is 33.4. The number of aromatic hydroxyl groups is 6. The Hall–Kier alpha value is -4.54. The molecule has 0 spiro atoms. The van der Waals surface area contributed by atoms with Crippen LogP contribution in [0.25, 0.3) is 0 Å². The van der Waals surface area contributed by atoms with Crippen LogP contribution in [0.5, 0.6) is 40.2 Å². The monoisotopic (exact) mass is 635 g/mol. The molecule has 1 aliphatic heterocycles. The van der Waals surface area contributed by atoms with Gasteiger partial charge in [0.05, 0.1) is 57.4 Å². The molecule has 3 aromatic rings. The van der Waals surface area contributed by atoms with Crippen LogP contribution in [0.3, 0.4) is 0 Å². The second-order valence-corrected chi connectivity index (χ2v) is 9.81. The van der Waals surface area contributed by atoms with E-state index in [0.29, 0.717) is 26.4 Å². The molecule has 45 heavy (non-hydrogen) atoms. The summed E-state index contributed by atoms with van der Waals surface area (Å²) in [5.74, 6) is -5.76. The van der Waals surface area contributed by atoms with Gasteiger partial charge in [-0.1, -0.05) is 0 Å². The van der Waals surface area contributed by atoms with Gasteiger partial charge in [-0.25, -0.2) is 9.18 Å². The molecule has 1 aliphatic rings. The summed E-state index contributed by atoms with van der Waals surface area (Å²) in [5.41, 5.74) is 4.97. The molecule has 0 aliphatic carbocycles. The summed E-state index contributed by atoms with van der Waals surface area (Å²) in [5, 5.41) is 61.0. The Morgan fingerprint density at radius 1 is 0.756 bits per heavy atom. The summed E-state index contributed by atoms with van der Waals surface area (Å²) in [6.45, 7) is 1.97. The SMILES string of the molecule is NCCOCCOCCOCCOC1c2c(O)cc(O)cc2OC(c2cc(O)c(O)c(O)c2)C1OC(=O)c1cc(O)cc(F)c1. The average molecular weight is 636 g/mol. The number of esters is 1. The minimum Gasteiger partial charge on any atom is -0.508 e. The summed E-state index contributed by atoms with van der Waals surface area (Å²) >= 11 is 0. The number of phenols is 6. The van der Waals surface area contributed by atoms with Gasteiger partial charge < -0.3 is 64.8 Å². The fraction of sp³-hybridized carbons (Fsp3) is 0.367. The van der Waals surface area contributed by atoms with Crippen LogP contribution >= 0.6 is 0 Å². The van der Waals surface area contributed by atoms with Crippen molar-refractivity contribution >= 4 is 5.97 Å². The zero-order valence-corrected chi connectivity index (χ0v) is 23.9. The van der Waals surface area contributed by atoms with Crippen LogP contribution in [-0.4, -0.2) is 95.5 Å². The molecule has 0 amide bonds. The van der Waals surface area contributed by atoms with Crippen molar-refractivity contribution in [3.63, 3.8) is 0 Å². The van der Waals surface area contributed by atoms with Gasteiger partial charge in [0.2, 0.25) is 0 Å². The summed E-state index contributed by atoms with van der Waals surface area (Å²) in [6, 6.07) is 6.88. The number of ether oxygens (including phenoxy) is 6. The van der Waals surface area contributed by atoms with Gasteiger partial charge in [-0.2, -0.15) is 0 Å². The number of hydrogen-bond acceptors (Lipinski definition) is 14. The lowest BCUT2D eigenvalue weighted by atomic mass is 9.90. The quantitative estimate of drug-likeness (QED) is 0.0725. The highest BCUT2D eigenvalue weighted by Gasteiger charge is 2.45. The molecular formula is C30H34FNO13. The lowest BCUT2D eigenvalue weighted by Crippen LogP contribution is -2.40. The Morgan fingerprint density at radius 3 is 1.98 bits per heavy atom. The molecule has 3 atom stereocenters. The first-order valence-corrected chi connectivity index (χ1v) is 13.8. The number of halogens is 1. The van der Waals surface area contributed by atoms with E-state index >= 15 is 0 Å². The Bertz CT molecular complexity index is 1430. The van der Waals surface area contributed by atoms with E-state index in [4.69, 9.17) is 34.2 Å². The Labute approximate surface area is 256 Å². The number of hydrogen-bond donors (Lipinski definition) is 7. The van der Waals surface area contributed by atoms with Crippen LogP contribution in [0.4, 0.5) is 4.39 Å². The lowest BCUT2D eigenvalue weighted by Gasteiger charge is -2.39. The van der Waals surface area contributed by atoms with Crippen molar-refractivity contribution in [2.75, 3.05) is 52.8 Å². The highest BCUT2D eigenvalue weighted by Crippen LogP contribution is 2.51. The Balaban J connectivity index is 1.59. The molecule has 0 aromatic heterocycles. The van der Waals surface area contributed by atoms with Gasteiger partial charge in [-0.15, -0.1) is 0 Å². The predicted octanol–water partition coefficient (Wildman–Crippen LogP) is 2.48. The third kappa shape index (κ3) is 8.55. The molecule has 0 bridgehead atoms. The molecule has 1 heterocycles. The maximum atomic E-state index is 14.0. The van der Waals surface area contributed by atoms with E-state index in [2.05, 4.69) is 0 Å². The van der Waals surface area contributed by atoms with Gasteiger partial charge in [-0.3, -0.25) is 0 Å². The molecule has 14 nitrogen and oxygen atoms in total. The van der Waals surface area contributed by atoms with E-state index in [-0.39, 0.29) is 54.6 Å². The molecule has 3 aromatic carbocycles. The fourth-order valence-electron chi connectivity index (χ4n) is 4.60. The minimum atomic E-state index is -1.49. The van der Waals surface area contributed by atoms with Gasteiger partial charge in [0, 0.05) is 30.3 Å². The van der Waals surface area contributed by atoms with Gasteiger partial charge in [0.15, 0.2) is 29.5 Å². The predicted molar refractivity (Wildman–Crippen MR) is 152 cm³/mol. The number of phenolic OH excluding ortho intramolecular Hbond substituents is 6. The number of nitrogens with two attached hydrogens (primary N) is 1. The lowest BCUT2D eigenvalue weighted by molar-refractivity contribution is -0.118. The Morgan fingerprint density at radius 2 is 1.36 bits per heavy atom. The molecule has 0 radical (unpaired) electrons. The van der Waals surface area contributed by atoms with Crippen molar-refractivity contribution in [2.24, 2.45) is 5.73 Å². The van der Waals surface area contributed by atoms with Gasteiger partial charge in [0.1, 0.15) is 34.9 Å². The summed E-state index contributed by atoms with van der Waals surface area (Å²) in [6.07, 6.45) is -4.20. The standard InChI is InChI=1S/C30H34FNO13/c31-18-9-17(10-19(33)13-18)30(39)45-29-27(16-11-22(36)26(38)23(37)12-16)44-24-15-20(34)14-21(35)25(24)28(29)43-8-7-42-6-5-41-4-3-40-2-1-32/h9-15,27-29,33-38H,1-8,32H2. The largest absolute Gasteiger partial charge is 0.508 e. The number of rotatable bonds is 15. The molecule has 0 saturated heterocycles. The topological polar surface area (TPSA) is 220 Å². The van der Waals surface area contributed by atoms with Gasteiger partial charge in [0.25, 0.3) is 0 Å². The van der Waals surface area contributed by atoms with E-state index in [0.717, 1.165) is 36.4 Å². The van der Waals surface area contributed by atoms with Crippen LogP contribution in [0.15, 0.2) is 42.5 Å². The van der Waals surface area contributed by atoms with E-state index in [1.165, 1.54) is 6.07 Å². The summed E-state index contributed by atoms with van der Waals surface area (Å²) in [7, 11) is 0. The van der Waals surface area contributed by atoms with Crippen LogP contribution in [0, 0.1) is 5.82 Å². The molecule has 4 rings (SSSR count). The Kier molecular flexibility index (Phi) is 11.5. The highest BCUT2D eigenvalue weighted by molar-refractivity contribution is 5.90. The number of carbonyl (C=O) groups is 1. The fourth-order valence-corrected chi connectivity index (χ4v) is 4.60. The molecule has 244 valence electrons. The molecular weight excluding hydrogens is 601 g/mol. The van der Waals surface area contributed by atoms with Crippen molar-refractivity contribution in [1.82, 2.24) is 0 Å². The highest BCUT2D eigenvalue weighted by atomic mass is 19.1. The maximum absolute atomic E-state index is 14.0.